The summed E-state index contributed by atoms with van der Waals surface area (Å²) in [7, 11) is 0. The molecule has 0 aliphatic rings. The largest absolute Gasteiger partial charge is 0.390 e. The fraction of sp³-hybridized carbons (Fsp3) is 0.308. The molecule has 0 aliphatic carbocycles. The van der Waals surface area contributed by atoms with E-state index >= 15 is 0 Å². The number of aromatic nitrogens is 1. The predicted molar refractivity (Wildman–Crippen MR) is 62.0 cm³/mol. The quantitative estimate of drug-likeness (QED) is 0.859. The van der Waals surface area contributed by atoms with E-state index in [1.54, 1.807) is 0 Å². The summed E-state index contributed by atoms with van der Waals surface area (Å²) in [5.41, 5.74) is 2.63. The Morgan fingerprint density at radius 2 is 1.94 bits per heavy atom. The van der Waals surface area contributed by atoms with E-state index in [0.29, 0.717) is 5.69 Å². The molecule has 0 saturated carbocycles. The lowest BCUT2D eigenvalue weighted by molar-refractivity contribution is 0.266. The van der Waals surface area contributed by atoms with Crippen LogP contribution in [0.15, 0.2) is 34.9 Å². The fourth-order valence-corrected chi connectivity index (χ4v) is 1.84. The van der Waals surface area contributed by atoms with Gasteiger partial charge in [0, 0.05) is 11.1 Å². The molecule has 1 heterocycles. The zero-order valence-corrected chi connectivity index (χ0v) is 9.47. The van der Waals surface area contributed by atoms with E-state index in [9.17, 15) is 5.11 Å². The standard InChI is InChI=1S/C13H15NO2/c1-9(2)12-11(8-15)14-16-13(12)10-6-4-3-5-7-10/h3-7,9,15H,8H2,1-2H3. The van der Waals surface area contributed by atoms with E-state index in [0.717, 1.165) is 16.9 Å². The Morgan fingerprint density at radius 1 is 1.25 bits per heavy atom. The summed E-state index contributed by atoms with van der Waals surface area (Å²) in [6.07, 6.45) is 0. The van der Waals surface area contributed by atoms with Crippen molar-refractivity contribution in [1.82, 2.24) is 5.16 Å². The molecule has 84 valence electrons. The number of nitrogens with zero attached hydrogens (tertiary/aromatic N) is 1. The van der Waals surface area contributed by atoms with Gasteiger partial charge in [0.2, 0.25) is 0 Å². The Kier molecular flexibility index (Phi) is 3.06. The number of hydrogen-bond acceptors (Lipinski definition) is 3. The van der Waals surface area contributed by atoms with E-state index in [2.05, 4.69) is 19.0 Å². The first kappa shape index (κ1) is 10.9. The summed E-state index contributed by atoms with van der Waals surface area (Å²) in [4.78, 5) is 0. The van der Waals surface area contributed by atoms with Crippen molar-refractivity contribution in [2.75, 3.05) is 0 Å². The van der Waals surface area contributed by atoms with E-state index in [1.807, 2.05) is 30.3 Å². The second kappa shape index (κ2) is 4.49. The summed E-state index contributed by atoms with van der Waals surface area (Å²) in [6, 6.07) is 9.84. The minimum Gasteiger partial charge on any atom is -0.390 e. The van der Waals surface area contributed by atoms with Gasteiger partial charge in [-0.3, -0.25) is 0 Å². The Balaban J connectivity index is 2.53. The van der Waals surface area contributed by atoms with Crippen molar-refractivity contribution in [2.45, 2.75) is 26.4 Å². The highest BCUT2D eigenvalue weighted by atomic mass is 16.5. The van der Waals surface area contributed by atoms with Crippen molar-refractivity contribution in [3.63, 3.8) is 0 Å². The average molecular weight is 217 g/mol. The molecule has 0 aliphatic heterocycles. The molecular formula is C13H15NO2. The van der Waals surface area contributed by atoms with Gasteiger partial charge in [-0.1, -0.05) is 49.3 Å². The molecule has 1 N–H and O–H groups in total. The summed E-state index contributed by atoms with van der Waals surface area (Å²) >= 11 is 0. The van der Waals surface area contributed by atoms with Crippen LogP contribution < -0.4 is 0 Å². The zero-order chi connectivity index (χ0) is 11.5. The predicted octanol–water partition coefficient (Wildman–Crippen LogP) is 2.96. The summed E-state index contributed by atoms with van der Waals surface area (Å²) in [5.74, 6) is 1.04. The first-order valence-electron chi connectivity index (χ1n) is 5.38. The molecule has 3 heteroatoms. The van der Waals surface area contributed by atoms with E-state index in [4.69, 9.17) is 4.52 Å². The van der Waals surface area contributed by atoms with E-state index in [1.165, 1.54) is 0 Å². The first-order valence-corrected chi connectivity index (χ1v) is 5.38. The molecule has 0 amide bonds. The smallest absolute Gasteiger partial charge is 0.170 e. The summed E-state index contributed by atoms with van der Waals surface area (Å²) < 4.78 is 5.32. The van der Waals surface area contributed by atoms with Crippen molar-refractivity contribution >= 4 is 0 Å². The second-order valence-electron chi connectivity index (χ2n) is 4.05. The molecule has 0 atom stereocenters. The summed E-state index contributed by atoms with van der Waals surface area (Å²) in [6.45, 7) is 4.06. The number of hydrogen-bond donors (Lipinski definition) is 1. The Morgan fingerprint density at radius 3 is 2.50 bits per heavy atom. The van der Waals surface area contributed by atoms with Gasteiger partial charge >= 0.3 is 0 Å². The Labute approximate surface area is 94.7 Å². The van der Waals surface area contributed by atoms with Crippen molar-refractivity contribution < 1.29 is 9.63 Å². The third-order valence-corrected chi connectivity index (χ3v) is 2.57. The molecule has 0 fully saturated rings. The highest BCUT2D eigenvalue weighted by Gasteiger charge is 2.19. The van der Waals surface area contributed by atoms with Gasteiger partial charge in [0.15, 0.2) is 5.76 Å². The van der Waals surface area contributed by atoms with Crippen LogP contribution in [0.1, 0.15) is 31.0 Å². The van der Waals surface area contributed by atoms with Crippen LogP contribution in [0.5, 0.6) is 0 Å². The third kappa shape index (κ3) is 1.86. The molecule has 0 bridgehead atoms. The van der Waals surface area contributed by atoms with E-state index < -0.39 is 0 Å². The lowest BCUT2D eigenvalue weighted by atomic mass is 9.97. The molecule has 0 spiro atoms. The molecule has 1 aromatic carbocycles. The molecule has 0 unspecified atom stereocenters. The number of aliphatic hydroxyl groups excluding tert-OH is 1. The maximum Gasteiger partial charge on any atom is 0.170 e. The lowest BCUT2D eigenvalue weighted by Gasteiger charge is -2.06. The van der Waals surface area contributed by atoms with Crippen LogP contribution in [0.25, 0.3) is 11.3 Å². The van der Waals surface area contributed by atoms with Gasteiger partial charge in [-0.05, 0) is 5.92 Å². The van der Waals surface area contributed by atoms with Crippen LogP contribution in [0.3, 0.4) is 0 Å². The normalized spacial score (nSPS) is 11.0. The highest BCUT2D eigenvalue weighted by molar-refractivity contribution is 5.62. The number of benzene rings is 1. The molecule has 2 rings (SSSR count). The maximum absolute atomic E-state index is 9.21. The highest BCUT2D eigenvalue weighted by Crippen LogP contribution is 2.31. The Bertz CT molecular complexity index is 460. The molecule has 16 heavy (non-hydrogen) atoms. The van der Waals surface area contributed by atoms with Gasteiger partial charge in [-0.15, -0.1) is 0 Å². The second-order valence-corrected chi connectivity index (χ2v) is 4.05. The maximum atomic E-state index is 9.21. The fourth-order valence-electron chi connectivity index (χ4n) is 1.84. The van der Waals surface area contributed by atoms with Gasteiger partial charge < -0.3 is 9.63 Å². The lowest BCUT2D eigenvalue weighted by Crippen LogP contribution is -1.95. The molecule has 0 radical (unpaired) electrons. The molecule has 3 nitrogen and oxygen atoms in total. The van der Waals surface area contributed by atoms with Gasteiger partial charge in [0.05, 0.1) is 6.61 Å². The van der Waals surface area contributed by atoms with Crippen LogP contribution in [0, 0.1) is 0 Å². The first-order chi connectivity index (χ1) is 7.74. The third-order valence-electron chi connectivity index (χ3n) is 2.57. The minimum atomic E-state index is -0.0795. The topological polar surface area (TPSA) is 46.3 Å². The van der Waals surface area contributed by atoms with Gasteiger partial charge in [0.1, 0.15) is 5.69 Å². The van der Waals surface area contributed by atoms with Gasteiger partial charge in [0.25, 0.3) is 0 Å². The van der Waals surface area contributed by atoms with Crippen LogP contribution in [-0.2, 0) is 6.61 Å². The Hall–Kier alpha value is -1.61. The van der Waals surface area contributed by atoms with Crippen molar-refractivity contribution in [3.8, 4) is 11.3 Å². The monoisotopic (exact) mass is 217 g/mol. The molecule has 0 saturated heterocycles. The van der Waals surface area contributed by atoms with Crippen molar-refractivity contribution in [3.05, 3.63) is 41.6 Å². The molecule has 2 aromatic rings. The molecule has 1 aromatic heterocycles. The van der Waals surface area contributed by atoms with Gasteiger partial charge in [-0.2, -0.15) is 0 Å². The van der Waals surface area contributed by atoms with E-state index in [-0.39, 0.29) is 12.5 Å². The number of aliphatic hydroxyl groups is 1. The zero-order valence-electron chi connectivity index (χ0n) is 9.47. The minimum absolute atomic E-state index is 0.0795. The van der Waals surface area contributed by atoms with Crippen molar-refractivity contribution in [1.29, 1.82) is 0 Å². The average Bonchev–Trinajstić information content (AvgIpc) is 2.73. The van der Waals surface area contributed by atoms with Crippen molar-refractivity contribution in [2.24, 2.45) is 0 Å². The SMILES string of the molecule is CC(C)c1c(CO)noc1-c1ccccc1. The summed E-state index contributed by atoms with van der Waals surface area (Å²) in [5, 5.41) is 13.1. The molecular weight excluding hydrogens is 202 g/mol. The van der Waals surface area contributed by atoms with Crippen LogP contribution >= 0.6 is 0 Å². The van der Waals surface area contributed by atoms with Crippen LogP contribution in [0.4, 0.5) is 0 Å². The van der Waals surface area contributed by atoms with Crippen LogP contribution in [-0.4, -0.2) is 10.3 Å². The van der Waals surface area contributed by atoms with Gasteiger partial charge in [-0.25, -0.2) is 0 Å². The number of rotatable bonds is 3. The van der Waals surface area contributed by atoms with Crippen LogP contribution in [0.2, 0.25) is 0 Å².